The van der Waals surface area contributed by atoms with Crippen molar-refractivity contribution in [3.63, 3.8) is 0 Å². The largest absolute Gasteiger partial charge is 0.327 e. The lowest BCUT2D eigenvalue weighted by Crippen LogP contribution is -2.17. The molecule has 1 heterocycles. The Morgan fingerprint density at radius 3 is 2.80 bits per heavy atom. The second-order valence-electron chi connectivity index (χ2n) is 5.15. The molecule has 0 atom stereocenters. The Bertz CT molecular complexity index is 575. The number of aryl methyl sites for hydroxylation is 2. The fraction of sp³-hybridized carbons (Fsp3) is 0.438. The van der Waals surface area contributed by atoms with E-state index < -0.39 is 0 Å². The highest BCUT2D eigenvalue weighted by atomic mass is 35.5. The summed E-state index contributed by atoms with van der Waals surface area (Å²) in [6.07, 6.45) is 3.08. The van der Waals surface area contributed by atoms with E-state index in [-0.39, 0.29) is 0 Å². The predicted octanol–water partition coefficient (Wildman–Crippen LogP) is 3.70. The Hall–Kier alpha value is -1.32. The van der Waals surface area contributed by atoms with Crippen LogP contribution in [0.25, 0.3) is 0 Å². The number of nitrogens with zero attached hydrogens (tertiary/aromatic N) is 2. The van der Waals surface area contributed by atoms with Gasteiger partial charge in [-0.25, -0.2) is 4.98 Å². The fourth-order valence-corrected chi connectivity index (χ4v) is 2.51. The van der Waals surface area contributed by atoms with Gasteiger partial charge in [-0.05, 0) is 44.0 Å². The van der Waals surface area contributed by atoms with Crippen LogP contribution in [-0.2, 0) is 13.1 Å². The smallest absolute Gasteiger partial charge is 0.106 e. The van der Waals surface area contributed by atoms with Crippen LogP contribution in [0.5, 0.6) is 0 Å². The van der Waals surface area contributed by atoms with Crippen molar-refractivity contribution in [3.8, 4) is 0 Å². The first-order valence-corrected chi connectivity index (χ1v) is 7.46. The summed E-state index contributed by atoms with van der Waals surface area (Å²) in [5.74, 6) is 1.02. The van der Waals surface area contributed by atoms with Crippen LogP contribution in [0.15, 0.2) is 24.4 Å². The summed E-state index contributed by atoms with van der Waals surface area (Å²) in [6, 6.07) is 6.21. The lowest BCUT2D eigenvalue weighted by Gasteiger charge is -2.12. The Morgan fingerprint density at radius 2 is 2.10 bits per heavy atom. The maximum absolute atomic E-state index is 6.33. The summed E-state index contributed by atoms with van der Waals surface area (Å²) in [7, 11) is 0. The van der Waals surface area contributed by atoms with Crippen LogP contribution in [0.1, 0.15) is 36.0 Å². The topological polar surface area (TPSA) is 29.9 Å². The molecule has 2 aromatic rings. The Balaban J connectivity index is 2.17. The summed E-state index contributed by atoms with van der Waals surface area (Å²) in [5.41, 5.74) is 3.52. The zero-order chi connectivity index (χ0) is 14.5. The van der Waals surface area contributed by atoms with Crippen LogP contribution < -0.4 is 5.32 Å². The van der Waals surface area contributed by atoms with E-state index in [0.29, 0.717) is 0 Å². The molecule has 0 radical (unpaired) electrons. The van der Waals surface area contributed by atoms with Crippen LogP contribution in [-0.4, -0.2) is 16.1 Å². The van der Waals surface area contributed by atoms with Crippen molar-refractivity contribution >= 4 is 11.6 Å². The minimum absolute atomic E-state index is 0.772. The van der Waals surface area contributed by atoms with E-state index in [2.05, 4.69) is 40.8 Å². The molecule has 0 fully saturated rings. The molecule has 4 heteroatoms. The maximum atomic E-state index is 6.33. The van der Waals surface area contributed by atoms with Gasteiger partial charge in [0, 0.05) is 17.8 Å². The highest BCUT2D eigenvalue weighted by Gasteiger charge is 2.09. The van der Waals surface area contributed by atoms with E-state index in [1.54, 1.807) is 0 Å². The van der Waals surface area contributed by atoms with Crippen LogP contribution in [0, 0.1) is 13.8 Å². The standard InChI is InChI=1S/C16H22ClN3/c1-4-7-18-9-15-10-19-13(3)20(15)11-14-6-5-12(2)8-16(14)17/h5-6,8,10,18H,4,7,9,11H2,1-3H3. The third kappa shape index (κ3) is 3.62. The molecule has 2 rings (SSSR count). The summed E-state index contributed by atoms with van der Waals surface area (Å²) in [4.78, 5) is 4.42. The van der Waals surface area contributed by atoms with Gasteiger partial charge in [0.2, 0.25) is 0 Å². The maximum Gasteiger partial charge on any atom is 0.106 e. The molecule has 1 N–H and O–H groups in total. The zero-order valence-electron chi connectivity index (χ0n) is 12.4. The summed E-state index contributed by atoms with van der Waals surface area (Å²) in [6.45, 7) is 8.90. The quantitative estimate of drug-likeness (QED) is 0.823. The number of aromatic nitrogens is 2. The van der Waals surface area contributed by atoms with Gasteiger partial charge < -0.3 is 9.88 Å². The molecule has 108 valence electrons. The molecule has 0 aliphatic rings. The number of hydrogen-bond acceptors (Lipinski definition) is 2. The number of halogens is 1. The van der Waals surface area contributed by atoms with E-state index in [9.17, 15) is 0 Å². The average molecular weight is 292 g/mol. The van der Waals surface area contributed by atoms with Crippen molar-refractivity contribution in [3.05, 3.63) is 52.1 Å². The molecule has 0 saturated carbocycles. The summed E-state index contributed by atoms with van der Waals surface area (Å²) in [5, 5.41) is 4.25. The lowest BCUT2D eigenvalue weighted by atomic mass is 10.1. The molecule has 3 nitrogen and oxygen atoms in total. The van der Waals surface area contributed by atoms with Gasteiger partial charge in [-0.2, -0.15) is 0 Å². The fourth-order valence-electron chi connectivity index (χ4n) is 2.22. The Morgan fingerprint density at radius 1 is 1.30 bits per heavy atom. The number of rotatable bonds is 6. The van der Waals surface area contributed by atoms with E-state index in [4.69, 9.17) is 11.6 Å². The van der Waals surface area contributed by atoms with Crippen LogP contribution in [0.3, 0.4) is 0 Å². The third-order valence-corrected chi connectivity index (χ3v) is 3.76. The van der Waals surface area contributed by atoms with Crippen LogP contribution >= 0.6 is 11.6 Å². The molecule has 0 saturated heterocycles. The van der Waals surface area contributed by atoms with Crippen molar-refractivity contribution in [2.45, 2.75) is 40.3 Å². The molecular weight excluding hydrogens is 270 g/mol. The number of nitrogens with one attached hydrogen (secondary N) is 1. The predicted molar refractivity (Wildman–Crippen MR) is 84.3 cm³/mol. The van der Waals surface area contributed by atoms with Crippen LogP contribution in [0.4, 0.5) is 0 Å². The van der Waals surface area contributed by atoms with Crippen LogP contribution in [0.2, 0.25) is 5.02 Å². The molecule has 0 unspecified atom stereocenters. The average Bonchev–Trinajstić information content (AvgIpc) is 2.75. The Kier molecular flexibility index (Phi) is 5.21. The summed E-state index contributed by atoms with van der Waals surface area (Å²) < 4.78 is 2.22. The molecular formula is C16H22ClN3. The second-order valence-corrected chi connectivity index (χ2v) is 5.56. The molecule has 0 bridgehead atoms. The van der Waals surface area contributed by atoms with Gasteiger partial charge >= 0.3 is 0 Å². The monoisotopic (exact) mass is 291 g/mol. The van der Waals surface area contributed by atoms with E-state index in [1.165, 1.54) is 11.3 Å². The van der Waals surface area contributed by atoms with Crippen molar-refractivity contribution in [1.29, 1.82) is 0 Å². The molecule has 1 aromatic heterocycles. The molecule has 0 amide bonds. The normalized spacial score (nSPS) is 11.0. The van der Waals surface area contributed by atoms with Gasteiger partial charge in [-0.1, -0.05) is 30.7 Å². The molecule has 0 aliphatic carbocycles. The van der Waals surface area contributed by atoms with Gasteiger partial charge in [-0.3, -0.25) is 0 Å². The SMILES string of the molecule is CCCNCc1cnc(C)n1Cc1ccc(C)cc1Cl. The van der Waals surface area contributed by atoms with Crippen molar-refractivity contribution in [2.75, 3.05) is 6.54 Å². The summed E-state index contributed by atoms with van der Waals surface area (Å²) >= 11 is 6.33. The van der Waals surface area contributed by atoms with Gasteiger partial charge in [-0.15, -0.1) is 0 Å². The first-order valence-electron chi connectivity index (χ1n) is 7.08. The zero-order valence-corrected chi connectivity index (χ0v) is 13.2. The van der Waals surface area contributed by atoms with E-state index in [0.717, 1.165) is 42.5 Å². The third-order valence-electron chi connectivity index (χ3n) is 3.41. The first-order chi connectivity index (χ1) is 9.61. The highest BCUT2D eigenvalue weighted by Crippen LogP contribution is 2.20. The Labute approximate surface area is 126 Å². The lowest BCUT2D eigenvalue weighted by molar-refractivity contribution is 0.623. The second kappa shape index (κ2) is 6.91. The minimum atomic E-state index is 0.772. The van der Waals surface area contributed by atoms with Gasteiger partial charge in [0.15, 0.2) is 0 Å². The van der Waals surface area contributed by atoms with Crippen molar-refractivity contribution in [1.82, 2.24) is 14.9 Å². The molecule has 20 heavy (non-hydrogen) atoms. The van der Waals surface area contributed by atoms with Gasteiger partial charge in [0.05, 0.1) is 12.2 Å². The first kappa shape index (κ1) is 15.1. The van der Waals surface area contributed by atoms with Crippen molar-refractivity contribution in [2.24, 2.45) is 0 Å². The number of benzene rings is 1. The van der Waals surface area contributed by atoms with Gasteiger partial charge in [0.1, 0.15) is 5.82 Å². The minimum Gasteiger partial charge on any atom is -0.327 e. The van der Waals surface area contributed by atoms with E-state index in [1.807, 2.05) is 19.2 Å². The van der Waals surface area contributed by atoms with E-state index >= 15 is 0 Å². The highest BCUT2D eigenvalue weighted by molar-refractivity contribution is 6.31. The molecule has 0 aliphatic heterocycles. The van der Waals surface area contributed by atoms with Gasteiger partial charge in [0.25, 0.3) is 0 Å². The number of hydrogen-bond donors (Lipinski definition) is 1. The molecule has 0 spiro atoms. The van der Waals surface area contributed by atoms with Crippen molar-refractivity contribution < 1.29 is 0 Å². The number of imidazole rings is 1. The molecule has 1 aromatic carbocycles.